The highest BCUT2D eigenvalue weighted by molar-refractivity contribution is 9.10. The molecule has 0 aliphatic rings. The van der Waals surface area contributed by atoms with Gasteiger partial charge in [-0.15, -0.1) is 0 Å². The number of rotatable bonds is 6. The third kappa shape index (κ3) is 4.44. The lowest BCUT2D eigenvalue weighted by atomic mass is 10.2. The van der Waals surface area contributed by atoms with Crippen molar-refractivity contribution in [2.24, 2.45) is 0 Å². The Morgan fingerprint density at radius 2 is 1.58 bits per heavy atom. The van der Waals surface area contributed by atoms with E-state index in [9.17, 15) is 22.4 Å². The van der Waals surface area contributed by atoms with Crippen LogP contribution in [0.25, 0.3) is 0 Å². The van der Waals surface area contributed by atoms with Gasteiger partial charge in [-0.1, -0.05) is 15.9 Å². The van der Waals surface area contributed by atoms with Crippen molar-refractivity contribution in [2.75, 3.05) is 18.4 Å². The average molecular weight is 406 g/mol. The molecule has 0 radical (unpaired) electrons. The van der Waals surface area contributed by atoms with E-state index in [2.05, 4.69) is 31.5 Å². The van der Waals surface area contributed by atoms with Gasteiger partial charge in [-0.2, -0.15) is 22.5 Å². The second-order valence-electron chi connectivity index (χ2n) is 4.74. The second kappa shape index (κ2) is 8.09. The van der Waals surface area contributed by atoms with E-state index < -0.39 is 29.2 Å². The Hall–Kier alpha value is -2.16. The highest BCUT2D eigenvalue weighted by Gasteiger charge is 2.20. The summed E-state index contributed by atoms with van der Waals surface area (Å²) in [6.07, 6.45) is 0.284. The topological polar surface area (TPSA) is 54.0 Å². The molecule has 2 aromatic rings. The molecule has 0 bridgehead atoms. The normalized spacial score (nSPS) is 10.5. The predicted octanol–water partition coefficient (Wildman–Crippen LogP) is 3.63. The summed E-state index contributed by atoms with van der Waals surface area (Å²) in [5.74, 6) is -6.93. The third-order valence-electron chi connectivity index (χ3n) is 3.04. The number of anilines is 1. The number of halogens is 5. The molecule has 0 fully saturated rings. The number of carbonyl (C=O) groups excluding carboxylic acids is 1. The van der Waals surface area contributed by atoms with Crippen LogP contribution in [0.4, 0.5) is 23.2 Å². The van der Waals surface area contributed by atoms with Gasteiger partial charge in [0.25, 0.3) is 17.8 Å². The van der Waals surface area contributed by atoms with Crippen molar-refractivity contribution in [1.29, 1.82) is 0 Å². The zero-order valence-electron chi connectivity index (χ0n) is 12.2. The monoisotopic (exact) mass is 405 g/mol. The fourth-order valence-electron chi connectivity index (χ4n) is 1.85. The molecule has 1 amide bonds. The number of pyridine rings is 1. The number of hydrogen-bond donors (Lipinski definition) is 2. The van der Waals surface area contributed by atoms with Gasteiger partial charge in [0, 0.05) is 23.1 Å². The van der Waals surface area contributed by atoms with Crippen LogP contribution in [-0.4, -0.2) is 24.0 Å². The highest BCUT2D eigenvalue weighted by Crippen LogP contribution is 2.21. The van der Waals surface area contributed by atoms with E-state index >= 15 is 0 Å². The largest absolute Gasteiger partial charge is 0.380 e. The van der Waals surface area contributed by atoms with Gasteiger partial charge in [-0.05, 0) is 30.7 Å². The van der Waals surface area contributed by atoms with Gasteiger partial charge >= 0.3 is 0 Å². The smallest absolute Gasteiger partial charge is 0.253 e. The molecule has 0 atom stereocenters. The maximum absolute atomic E-state index is 13.4. The van der Waals surface area contributed by atoms with E-state index in [1.807, 2.05) is 0 Å². The van der Waals surface area contributed by atoms with Crippen LogP contribution >= 0.6 is 15.9 Å². The Morgan fingerprint density at radius 1 is 1.00 bits per heavy atom. The minimum absolute atomic E-state index is 0.00263. The summed E-state index contributed by atoms with van der Waals surface area (Å²) in [5, 5.41) is 4.87. The Morgan fingerprint density at radius 3 is 2.17 bits per heavy atom. The Balaban J connectivity index is 1.82. The third-order valence-corrected chi connectivity index (χ3v) is 3.57. The lowest BCUT2D eigenvalue weighted by molar-refractivity contribution is 0.0953. The van der Waals surface area contributed by atoms with E-state index in [1.165, 1.54) is 0 Å². The minimum atomic E-state index is -1.72. The first-order valence-corrected chi connectivity index (χ1v) is 7.67. The minimum Gasteiger partial charge on any atom is -0.380 e. The number of hydrogen-bond acceptors (Lipinski definition) is 3. The molecule has 9 heteroatoms. The number of benzene rings is 1. The van der Waals surface area contributed by atoms with Crippen molar-refractivity contribution < 1.29 is 22.4 Å². The second-order valence-corrected chi connectivity index (χ2v) is 5.66. The molecule has 4 nitrogen and oxygen atoms in total. The van der Waals surface area contributed by atoms with Crippen molar-refractivity contribution >= 4 is 27.5 Å². The summed E-state index contributed by atoms with van der Waals surface area (Å²) < 4.78 is 53.4. The van der Waals surface area contributed by atoms with Crippen LogP contribution < -0.4 is 10.6 Å². The lowest BCUT2D eigenvalue weighted by Crippen LogP contribution is -2.26. The van der Waals surface area contributed by atoms with Crippen LogP contribution in [0.1, 0.15) is 16.8 Å². The van der Waals surface area contributed by atoms with E-state index in [4.69, 9.17) is 0 Å². The molecular formula is C15H12BrF4N3O. The van der Waals surface area contributed by atoms with Crippen LogP contribution in [0, 0.1) is 23.5 Å². The van der Waals surface area contributed by atoms with Crippen LogP contribution in [0.2, 0.25) is 0 Å². The molecule has 1 heterocycles. The molecule has 128 valence electrons. The van der Waals surface area contributed by atoms with E-state index in [0.717, 1.165) is 4.47 Å². The summed E-state index contributed by atoms with van der Waals surface area (Å²) in [6, 6.07) is 6.69. The molecule has 0 saturated heterocycles. The highest BCUT2D eigenvalue weighted by atomic mass is 79.9. The van der Waals surface area contributed by atoms with Crippen LogP contribution in [0.15, 0.2) is 28.7 Å². The Bertz CT molecular complexity index is 714. The lowest BCUT2D eigenvalue weighted by Gasteiger charge is -2.10. The van der Waals surface area contributed by atoms with Gasteiger partial charge in [-0.3, -0.25) is 4.79 Å². The molecule has 0 aliphatic heterocycles. The predicted molar refractivity (Wildman–Crippen MR) is 83.7 cm³/mol. The van der Waals surface area contributed by atoms with E-state index in [0.29, 0.717) is 5.56 Å². The number of amides is 1. The molecule has 0 unspecified atom stereocenters. The Kier molecular flexibility index (Phi) is 6.13. The fraction of sp³-hybridized carbons (Fsp3) is 0.200. The van der Waals surface area contributed by atoms with Crippen molar-refractivity contribution in [2.45, 2.75) is 6.42 Å². The van der Waals surface area contributed by atoms with Gasteiger partial charge in [0.2, 0.25) is 11.6 Å². The number of nitrogens with zero attached hydrogens (tertiary/aromatic N) is 1. The van der Waals surface area contributed by atoms with E-state index in [1.54, 1.807) is 24.3 Å². The summed E-state index contributed by atoms with van der Waals surface area (Å²) in [5.41, 5.74) is -0.458. The van der Waals surface area contributed by atoms with Crippen LogP contribution in [-0.2, 0) is 0 Å². The van der Waals surface area contributed by atoms with Crippen molar-refractivity contribution in [3.63, 3.8) is 0 Å². The molecule has 0 aliphatic carbocycles. The first-order valence-electron chi connectivity index (χ1n) is 6.87. The van der Waals surface area contributed by atoms with Crippen molar-refractivity contribution in [3.8, 4) is 0 Å². The molecule has 1 aromatic heterocycles. The molecule has 24 heavy (non-hydrogen) atoms. The van der Waals surface area contributed by atoms with Gasteiger partial charge < -0.3 is 10.6 Å². The van der Waals surface area contributed by atoms with Gasteiger partial charge in [0.1, 0.15) is 5.69 Å². The van der Waals surface area contributed by atoms with Gasteiger partial charge in [0.05, 0.1) is 0 Å². The van der Waals surface area contributed by atoms with Gasteiger partial charge in [0.15, 0.2) is 0 Å². The van der Waals surface area contributed by atoms with Crippen molar-refractivity contribution in [3.05, 3.63) is 57.8 Å². The fourth-order valence-corrected chi connectivity index (χ4v) is 2.11. The molecule has 1 aromatic carbocycles. The first kappa shape index (κ1) is 18.2. The summed E-state index contributed by atoms with van der Waals surface area (Å²) in [6.45, 7) is 0.207. The summed E-state index contributed by atoms with van der Waals surface area (Å²) >= 11 is 3.25. The molecule has 0 spiro atoms. The van der Waals surface area contributed by atoms with Crippen LogP contribution in [0.5, 0.6) is 0 Å². The van der Waals surface area contributed by atoms with Crippen LogP contribution in [0.3, 0.4) is 0 Å². The molecule has 2 rings (SSSR count). The number of carbonyl (C=O) groups is 1. The SMILES string of the molecule is O=C(NCCCNc1c(F)c(F)nc(F)c1F)c1ccc(Br)cc1. The standard InChI is InChI=1S/C15H12BrF4N3O/c16-9-4-2-8(3-5-9)15(24)22-7-1-6-21-12-10(17)13(19)23-14(20)11(12)18/h2-5H,1,6-7H2,(H,21,23)(H,22,24). The average Bonchev–Trinajstić information content (AvgIpc) is 2.56. The Labute approximate surface area is 143 Å². The van der Waals surface area contributed by atoms with Crippen molar-refractivity contribution in [1.82, 2.24) is 10.3 Å². The maximum atomic E-state index is 13.4. The quantitative estimate of drug-likeness (QED) is 0.438. The first-order chi connectivity index (χ1) is 11.4. The zero-order chi connectivity index (χ0) is 17.7. The van der Waals surface area contributed by atoms with E-state index in [-0.39, 0.29) is 25.4 Å². The number of nitrogens with one attached hydrogen (secondary N) is 2. The summed E-state index contributed by atoms with van der Waals surface area (Å²) in [4.78, 5) is 14.3. The zero-order valence-corrected chi connectivity index (χ0v) is 13.8. The summed E-state index contributed by atoms with van der Waals surface area (Å²) in [7, 11) is 0. The van der Waals surface area contributed by atoms with Gasteiger partial charge in [-0.25, -0.2) is 0 Å². The number of aromatic nitrogens is 1. The molecule has 2 N–H and O–H groups in total. The maximum Gasteiger partial charge on any atom is 0.253 e. The molecule has 0 saturated carbocycles. The molecular weight excluding hydrogens is 394 g/mol.